The van der Waals surface area contributed by atoms with E-state index in [9.17, 15) is 0 Å². The molecule has 0 saturated carbocycles. The molecule has 2 aliphatic rings. The van der Waals surface area contributed by atoms with Gasteiger partial charge in [0.25, 0.3) is 8.32 Å². The largest absolute Gasteiger partial charge is 0.404 e. The third-order valence-corrected chi connectivity index (χ3v) is 12.7. The molecule has 5 nitrogen and oxygen atoms in total. The van der Waals surface area contributed by atoms with Gasteiger partial charge in [-0.05, 0) is 61.1 Å². The van der Waals surface area contributed by atoms with Gasteiger partial charge in [0, 0.05) is 13.5 Å². The molecule has 2 aromatic carbocycles. The van der Waals surface area contributed by atoms with E-state index >= 15 is 0 Å². The summed E-state index contributed by atoms with van der Waals surface area (Å²) >= 11 is 7.02. The highest BCUT2D eigenvalue weighted by Gasteiger charge is 2.63. The standard InChI is InChI=1S/C28H36Br2O5Si/c1-26(2,3)36(20-13-9-7-10-14-20,21-15-11-8-12-16-21)32-19-28(18-17-22(29)30)24(31-6)23-25(35-28)34-27(4,5)33-23/h7-17,23-25H,18-19H2,1-6H3/t23-,24+,25+,28-/m1/s1. The van der Waals surface area contributed by atoms with Crippen molar-refractivity contribution in [3.05, 3.63) is 70.1 Å². The molecule has 0 radical (unpaired) electrons. The lowest BCUT2D eigenvalue weighted by atomic mass is 9.92. The van der Waals surface area contributed by atoms with Crippen LogP contribution in [0.3, 0.4) is 0 Å². The first-order chi connectivity index (χ1) is 16.9. The molecule has 36 heavy (non-hydrogen) atoms. The molecule has 2 saturated heterocycles. The van der Waals surface area contributed by atoms with E-state index in [2.05, 4.69) is 113 Å². The zero-order valence-corrected chi connectivity index (χ0v) is 26.0. The maximum absolute atomic E-state index is 7.30. The van der Waals surface area contributed by atoms with Crippen LogP contribution in [-0.2, 0) is 23.4 Å². The van der Waals surface area contributed by atoms with Crippen LogP contribution in [0.5, 0.6) is 0 Å². The predicted molar refractivity (Wildman–Crippen MR) is 153 cm³/mol. The van der Waals surface area contributed by atoms with Crippen molar-refractivity contribution >= 4 is 50.6 Å². The van der Waals surface area contributed by atoms with E-state index in [0.29, 0.717) is 13.0 Å². The Hall–Kier alpha value is -0.843. The number of fused-ring (bicyclic) bond motifs is 1. The normalized spacial score (nSPS) is 27.6. The zero-order chi connectivity index (χ0) is 26.2. The van der Waals surface area contributed by atoms with Crippen LogP contribution in [0.2, 0.25) is 5.04 Å². The molecular weight excluding hydrogens is 604 g/mol. The van der Waals surface area contributed by atoms with Gasteiger partial charge in [-0.25, -0.2) is 0 Å². The molecule has 4 rings (SSSR count). The second-order valence-electron chi connectivity index (χ2n) is 11.0. The molecule has 4 atom stereocenters. The van der Waals surface area contributed by atoms with Crippen molar-refractivity contribution < 1.29 is 23.4 Å². The molecule has 2 fully saturated rings. The fraction of sp³-hybridized carbons (Fsp3) is 0.500. The van der Waals surface area contributed by atoms with Gasteiger partial charge in [0.05, 0.1) is 10.00 Å². The maximum atomic E-state index is 7.30. The van der Waals surface area contributed by atoms with E-state index in [1.165, 1.54) is 10.4 Å². The summed E-state index contributed by atoms with van der Waals surface area (Å²) in [5, 5.41) is 2.28. The molecule has 0 amide bonds. The van der Waals surface area contributed by atoms with Gasteiger partial charge in [0.15, 0.2) is 12.1 Å². The number of ether oxygens (including phenoxy) is 4. The van der Waals surface area contributed by atoms with Crippen LogP contribution in [0.15, 0.2) is 70.1 Å². The summed E-state index contributed by atoms with van der Waals surface area (Å²) in [6.45, 7) is 10.9. The highest BCUT2D eigenvalue weighted by atomic mass is 79.9. The number of benzene rings is 2. The number of hydrogen-bond donors (Lipinski definition) is 0. The number of halogens is 2. The molecule has 8 heteroatoms. The highest BCUT2D eigenvalue weighted by Crippen LogP contribution is 2.47. The van der Waals surface area contributed by atoms with E-state index in [1.54, 1.807) is 7.11 Å². The van der Waals surface area contributed by atoms with Crippen LogP contribution >= 0.6 is 31.9 Å². The minimum Gasteiger partial charge on any atom is -0.404 e. The third kappa shape index (κ3) is 5.34. The Labute approximate surface area is 232 Å². The molecule has 0 spiro atoms. The van der Waals surface area contributed by atoms with Crippen molar-refractivity contribution in [2.75, 3.05) is 13.7 Å². The highest BCUT2D eigenvalue weighted by molar-refractivity contribution is 9.28. The lowest BCUT2D eigenvalue weighted by molar-refractivity contribution is -0.246. The molecule has 2 heterocycles. The first-order valence-corrected chi connectivity index (χ1v) is 15.8. The predicted octanol–water partition coefficient (Wildman–Crippen LogP) is 5.85. The van der Waals surface area contributed by atoms with E-state index in [0.717, 1.165) is 3.39 Å². The van der Waals surface area contributed by atoms with Crippen LogP contribution in [0, 0.1) is 0 Å². The van der Waals surface area contributed by atoms with Crippen molar-refractivity contribution in [2.45, 2.75) is 76.0 Å². The number of methoxy groups -OCH3 is 1. The summed E-state index contributed by atoms with van der Waals surface area (Å²) in [5.74, 6) is -0.733. The van der Waals surface area contributed by atoms with E-state index < -0.39 is 26.0 Å². The van der Waals surface area contributed by atoms with Gasteiger partial charge in [-0.15, -0.1) is 0 Å². The molecule has 0 aromatic heterocycles. The average Bonchev–Trinajstić information content (AvgIpc) is 3.26. The van der Waals surface area contributed by atoms with E-state index in [1.807, 2.05) is 19.9 Å². The molecule has 0 unspecified atom stereocenters. The third-order valence-electron chi connectivity index (χ3n) is 7.06. The SMILES string of the molecule is CO[C@H]1[C@H]2OC(C)(C)O[C@H]2O[C@]1(CC=C(Br)Br)CO[Si](c1ccccc1)(c1ccccc1)C(C)(C)C. The van der Waals surface area contributed by atoms with Gasteiger partial charge >= 0.3 is 0 Å². The Morgan fingerprint density at radius 1 is 0.944 bits per heavy atom. The fourth-order valence-corrected chi connectivity index (χ4v) is 10.5. The lowest BCUT2D eigenvalue weighted by Crippen LogP contribution is -2.68. The van der Waals surface area contributed by atoms with Crippen LogP contribution in [0.1, 0.15) is 41.0 Å². The average molecular weight is 640 g/mol. The molecule has 0 bridgehead atoms. The van der Waals surface area contributed by atoms with Gasteiger partial charge in [-0.2, -0.15) is 0 Å². The second kappa shape index (κ2) is 10.7. The Balaban J connectivity index is 1.79. The van der Waals surface area contributed by atoms with Gasteiger partial charge in [0.1, 0.15) is 17.8 Å². The Morgan fingerprint density at radius 2 is 1.50 bits per heavy atom. The summed E-state index contributed by atoms with van der Waals surface area (Å²) in [6.07, 6.45) is 1.33. The minimum atomic E-state index is -2.79. The Kier molecular flexibility index (Phi) is 8.40. The van der Waals surface area contributed by atoms with Crippen LogP contribution < -0.4 is 10.4 Å². The number of rotatable bonds is 8. The first kappa shape index (κ1) is 28.2. The van der Waals surface area contributed by atoms with Crippen LogP contribution in [0.4, 0.5) is 0 Å². The minimum absolute atomic E-state index is 0.158. The molecule has 2 aromatic rings. The topological polar surface area (TPSA) is 46.2 Å². The van der Waals surface area contributed by atoms with Crippen LogP contribution in [-0.4, -0.2) is 51.9 Å². The van der Waals surface area contributed by atoms with Gasteiger partial charge < -0.3 is 23.4 Å². The second-order valence-corrected chi connectivity index (χ2v) is 18.0. The van der Waals surface area contributed by atoms with Crippen LogP contribution in [0.25, 0.3) is 0 Å². The first-order valence-electron chi connectivity index (χ1n) is 12.3. The quantitative estimate of drug-likeness (QED) is 0.340. The molecular formula is C28H36Br2O5Si. The lowest BCUT2D eigenvalue weighted by Gasteiger charge is -2.46. The Bertz CT molecular complexity index is 1010. The molecule has 2 aliphatic heterocycles. The smallest absolute Gasteiger partial charge is 0.261 e. The summed E-state index contributed by atoms with van der Waals surface area (Å²) in [5.41, 5.74) is -0.805. The monoisotopic (exact) mass is 638 g/mol. The molecule has 0 N–H and O–H groups in total. The van der Waals surface area contributed by atoms with Crippen molar-refractivity contribution in [3.63, 3.8) is 0 Å². The summed E-state index contributed by atoms with van der Waals surface area (Å²) < 4.78 is 33.3. The van der Waals surface area contributed by atoms with Crippen molar-refractivity contribution in [3.8, 4) is 0 Å². The summed E-state index contributed by atoms with van der Waals surface area (Å²) in [4.78, 5) is 0. The van der Waals surface area contributed by atoms with Gasteiger partial charge in [0.2, 0.25) is 0 Å². The van der Waals surface area contributed by atoms with E-state index in [4.69, 9.17) is 23.4 Å². The summed E-state index contributed by atoms with van der Waals surface area (Å²) in [7, 11) is -1.08. The fourth-order valence-electron chi connectivity index (χ4n) is 5.58. The number of hydrogen-bond acceptors (Lipinski definition) is 5. The van der Waals surface area contributed by atoms with E-state index in [-0.39, 0.29) is 17.2 Å². The molecule has 0 aliphatic carbocycles. The van der Waals surface area contributed by atoms with Gasteiger partial charge in [-0.3, -0.25) is 0 Å². The van der Waals surface area contributed by atoms with Gasteiger partial charge in [-0.1, -0.05) is 87.5 Å². The Morgan fingerprint density at radius 3 is 1.97 bits per heavy atom. The van der Waals surface area contributed by atoms with Crippen molar-refractivity contribution in [1.29, 1.82) is 0 Å². The summed E-state index contributed by atoms with van der Waals surface area (Å²) in [6, 6.07) is 21.2. The van der Waals surface area contributed by atoms with Crippen molar-refractivity contribution in [1.82, 2.24) is 0 Å². The zero-order valence-electron chi connectivity index (χ0n) is 21.8. The van der Waals surface area contributed by atoms with Crippen molar-refractivity contribution in [2.24, 2.45) is 0 Å². The maximum Gasteiger partial charge on any atom is 0.261 e. The molecule has 196 valence electrons.